The van der Waals surface area contributed by atoms with Crippen molar-refractivity contribution in [2.24, 2.45) is 5.92 Å². The van der Waals surface area contributed by atoms with Gasteiger partial charge in [0, 0.05) is 11.4 Å². The first-order valence-electron chi connectivity index (χ1n) is 6.91. The molecule has 108 valence electrons. The van der Waals surface area contributed by atoms with Crippen LogP contribution in [0.4, 0.5) is 0 Å². The van der Waals surface area contributed by atoms with Crippen molar-refractivity contribution in [3.63, 3.8) is 0 Å². The van der Waals surface area contributed by atoms with Gasteiger partial charge in [-0.25, -0.2) is 0 Å². The second-order valence-corrected chi connectivity index (χ2v) is 6.27. The van der Waals surface area contributed by atoms with Crippen LogP contribution >= 0.6 is 11.3 Å². The van der Waals surface area contributed by atoms with Crippen molar-refractivity contribution < 1.29 is 14.9 Å². The van der Waals surface area contributed by atoms with Gasteiger partial charge in [0.2, 0.25) is 0 Å². The van der Waals surface area contributed by atoms with E-state index in [9.17, 15) is 10.2 Å². The predicted octanol–water partition coefficient (Wildman–Crippen LogP) is 1.38. The van der Waals surface area contributed by atoms with Crippen LogP contribution in [-0.4, -0.2) is 42.1 Å². The van der Waals surface area contributed by atoms with E-state index < -0.39 is 6.10 Å². The fraction of sp³-hybridized carbons (Fsp3) is 0.714. The third kappa shape index (κ3) is 5.58. The van der Waals surface area contributed by atoms with Gasteiger partial charge in [0.15, 0.2) is 0 Å². The molecule has 1 aromatic heterocycles. The summed E-state index contributed by atoms with van der Waals surface area (Å²) in [6, 6.07) is 4.03. The summed E-state index contributed by atoms with van der Waals surface area (Å²) in [7, 11) is 0. The minimum Gasteiger partial charge on any atom is -0.393 e. The molecule has 3 atom stereocenters. The molecule has 0 aliphatic heterocycles. The molecule has 0 amide bonds. The van der Waals surface area contributed by atoms with Crippen molar-refractivity contribution in [3.05, 3.63) is 22.4 Å². The molecule has 0 spiro atoms. The summed E-state index contributed by atoms with van der Waals surface area (Å²) in [5, 5.41) is 24.5. The van der Waals surface area contributed by atoms with Gasteiger partial charge in [-0.15, -0.1) is 11.3 Å². The number of rotatable bonds is 8. The summed E-state index contributed by atoms with van der Waals surface area (Å²) in [5.41, 5.74) is 0. The number of hydrogen-bond donors (Lipinski definition) is 3. The van der Waals surface area contributed by atoms with Crippen LogP contribution < -0.4 is 5.32 Å². The minimum absolute atomic E-state index is 0.120. The lowest BCUT2D eigenvalue weighted by Gasteiger charge is -2.14. The van der Waals surface area contributed by atoms with Crippen LogP contribution in [0, 0.1) is 5.92 Å². The monoisotopic (exact) mass is 285 g/mol. The standard InChI is InChI=1S/C14H23NO3S/c16-12-4-3-11(6-12)7-15-8-13(17)9-18-10-14-2-1-5-19-14/h1-2,5,11-13,15-17H,3-4,6-10H2. The minimum atomic E-state index is -0.466. The van der Waals surface area contributed by atoms with Gasteiger partial charge in [-0.2, -0.15) is 0 Å². The largest absolute Gasteiger partial charge is 0.393 e. The summed E-state index contributed by atoms with van der Waals surface area (Å²) in [6.45, 7) is 2.36. The number of thiophene rings is 1. The topological polar surface area (TPSA) is 61.7 Å². The summed E-state index contributed by atoms with van der Waals surface area (Å²) in [5.74, 6) is 0.550. The average Bonchev–Trinajstić information content (AvgIpc) is 3.01. The molecule has 1 aliphatic carbocycles. The van der Waals surface area contributed by atoms with Crippen LogP contribution in [0.5, 0.6) is 0 Å². The zero-order valence-corrected chi connectivity index (χ0v) is 11.9. The molecule has 0 bridgehead atoms. The second-order valence-electron chi connectivity index (χ2n) is 5.24. The van der Waals surface area contributed by atoms with E-state index in [-0.39, 0.29) is 6.10 Å². The maximum Gasteiger partial charge on any atom is 0.0897 e. The second kappa shape index (κ2) is 7.97. The Morgan fingerprint density at radius 2 is 2.37 bits per heavy atom. The number of aliphatic hydroxyl groups excluding tert-OH is 2. The Bertz CT molecular complexity index is 344. The normalized spacial score (nSPS) is 24.7. The van der Waals surface area contributed by atoms with Crippen LogP contribution in [0.1, 0.15) is 24.1 Å². The van der Waals surface area contributed by atoms with Gasteiger partial charge in [-0.1, -0.05) is 6.07 Å². The van der Waals surface area contributed by atoms with Crippen LogP contribution in [-0.2, 0) is 11.3 Å². The molecule has 1 heterocycles. The highest BCUT2D eigenvalue weighted by atomic mass is 32.1. The molecule has 0 radical (unpaired) electrons. The first-order chi connectivity index (χ1) is 9.24. The van der Waals surface area contributed by atoms with E-state index >= 15 is 0 Å². The molecule has 3 unspecified atom stereocenters. The van der Waals surface area contributed by atoms with Crippen molar-refractivity contribution in [1.82, 2.24) is 5.32 Å². The molecule has 3 N–H and O–H groups in total. The van der Waals surface area contributed by atoms with Crippen molar-refractivity contribution in [2.45, 2.75) is 38.1 Å². The van der Waals surface area contributed by atoms with E-state index in [1.807, 2.05) is 17.5 Å². The van der Waals surface area contributed by atoms with E-state index in [0.29, 0.717) is 25.7 Å². The third-order valence-electron chi connectivity index (χ3n) is 3.46. The van der Waals surface area contributed by atoms with E-state index in [0.717, 1.165) is 25.8 Å². The Balaban J connectivity index is 1.49. The molecule has 1 fully saturated rings. The smallest absolute Gasteiger partial charge is 0.0897 e. The first kappa shape index (κ1) is 14.9. The molecular formula is C14H23NO3S. The van der Waals surface area contributed by atoms with E-state index in [1.54, 1.807) is 11.3 Å². The predicted molar refractivity (Wildman–Crippen MR) is 76.2 cm³/mol. The van der Waals surface area contributed by atoms with Crippen molar-refractivity contribution >= 4 is 11.3 Å². The molecule has 1 saturated carbocycles. The van der Waals surface area contributed by atoms with Gasteiger partial charge in [0.25, 0.3) is 0 Å². The summed E-state index contributed by atoms with van der Waals surface area (Å²) < 4.78 is 5.46. The zero-order valence-electron chi connectivity index (χ0n) is 11.1. The van der Waals surface area contributed by atoms with Crippen LogP contribution in [0.2, 0.25) is 0 Å². The van der Waals surface area contributed by atoms with E-state index in [1.165, 1.54) is 4.88 Å². The average molecular weight is 285 g/mol. The van der Waals surface area contributed by atoms with E-state index in [4.69, 9.17) is 4.74 Å². The quantitative estimate of drug-likeness (QED) is 0.675. The lowest BCUT2D eigenvalue weighted by Crippen LogP contribution is -2.33. The number of ether oxygens (including phenoxy) is 1. The van der Waals surface area contributed by atoms with Gasteiger partial charge < -0.3 is 20.3 Å². The third-order valence-corrected chi connectivity index (χ3v) is 4.31. The summed E-state index contributed by atoms with van der Waals surface area (Å²) >= 11 is 1.66. The fourth-order valence-corrected chi connectivity index (χ4v) is 3.08. The Morgan fingerprint density at radius 3 is 3.05 bits per heavy atom. The highest BCUT2D eigenvalue weighted by Gasteiger charge is 2.22. The highest BCUT2D eigenvalue weighted by molar-refractivity contribution is 7.09. The van der Waals surface area contributed by atoms with Crippen LogP contribution in [0.3, 0.4) is 0 Å². The lowest BCUT2D eigenvalue weighted by molar-refractivity contribution is 0.0295. The molecule has 5 heteroatoms. The zero-order chi connectivity index (χ0) is 13.5. The molecular weight excluding hydrogens is 262 g/mol. The van der Waals surface area contributed by atoms with Gasteiger partial charge in [0.05, 0.1) is 25.4 Å². The summed E-state index contributed by atoms with van der Waals surface area (Å²) in [6.07, 6.45) is 2.30. The fourth-order valence-electron chi connectivity index (χ4n) is 2.44. The van der Waals surface area contributed by atoms with Crippen LogP contribution in [0.15, 0.2) is 17.5 Å². The Hall–Kier alpha value is -0.460. The number of nitrogens with one attached hydrogen (secondary N) is 1. The molecule has 2 rings (SSSR count). The van der Waals surface area contributed by atoms with Crippen molar-refractivity contribution in [1.29, 1.82) is 0 Å². The highest BCUT2D eigenvalue weighted by Crippen LogP contribution is 2.24. The maximum absolute atomic E-state index is 9.77. The van der Waals surface area contributed by atoms with E-state index in [2.05, 4.69) is 5.32 Å². The summed E-state index contributed by atoms with van der Waals surface area (Å²) in [4.78, 5) is 1.18. The maximum atomic E-state index is 9.77. The number of hydrogen-bond acceptors (Lipinski definition) is 5. The molecule has 4 nitrogen and oxygen atoms in total. The molecule has 19 heavy (non-hydrogen) atoms. The molecule has 1 aliphatic rings. The van der Waals surface area contributed by atoms with Crippen molar-refractivity contribution in [2.75, 3.05) is 19.7 Å². The van der Waals surface area contributed by atoms with Gasteiger partial charge in [-0.05, 0) is 43.2 Å². The SMILES string of the molecule is OC(CNCC1CCC(O)C1)COCc1cccs1. The molecule has 0 aromatic carbocycles. The Kier molecular flexibility index (Phi) is 6.26. The molecule has 1 aromatic rings. The first-order valence-corrected chi connectivity index (χ1v) is 7.79. The van der Waals surface area contributed by atoms with Crippen molar-refractivity contribution in [3.8, 4) is 0 Å². The Morgan fingerprint density at radius 1 is 1.47 bits per heavy atom. The van der Waals surface area contributed by atoms with Gasteiger partial charge in [0.1, 0.15) is 0 Å². The van der Waals surface area contributed by atoms with Gasteiger partial charge >= 0.3 is 0 Å². The Labute approximate surface area is 118 Å². The van der Waals surface area contributed by atoms with Gasteiger partial charge in [-0.3, -0.25) is 0 Å². The van der Waals surface area contributed by atoms with Crippen LogP contribution in [0.25, 0.3) is 0 Å². The molecule has 0 saturated heterocycles. The lowest BCUT2D eigenvalue weighted by atomic mass is 10.1. The number of aliphatic hydroxyl groups is 2.